The van der Waals surface area contributed by atoms with Crippen LogP contribution in [0, 0.1) is 0 Å². The third-order valence-electron chi connectivity index (χ3n) is 2.58. The molecule has 0 saturated heterocycles. The van der Waals surface area contributed by atoms with Gasteiger partial charge in [-0.2, -0.15) is 0 Å². The molecule has 1 fully saturated rings. The van der Waals surface area contributed by atoms with Crippen LogP contribution in [0.15, 0.2) is 24.3 Å². The van der Waals surface area contributed by atoms with Crippen LogP contribution in [0.4, 0.5) is 16.2 Å². The zero-order valence-electron chi connectivity index (χ0n) is 8.49. The van der Waals surface area contributed by atoms with E-state index in [0.29, 0.717) is 11.7 Å². The zero-order valence-corrected chi connectivity index (χ0v) is 8.49. The lowest BCUT2D eigenvalue weighted by Gasteiger charge is -2.26. The lowest BCUT2D eigenvalue weighted by molar-refractivity contribution is 0.240. The maximum atomic E-state index is 11.5. The van der Waals surface area contributed by atoms with Crippen molar-refractivity contribution in [3.05, 3.63) is 24.3 Å². The number of urea groups is 1. The number of nitrogen functional groups attached to an aromatic ring is 1. The first kappa shape index (κ1) is 9.83. The number of hydrogen-bond acceptors (Lipinski definition) is 2. The predicted molar refractivity (Wildman–Crippen MR) is 60.6 cm³/mol. The number of anilines is 2. The second-order valence-corrected chi connectivity index (χ2v) is 3.85. The van der Waals surface area contributed by atoms with Gasteiger partial charge in [0.05, 0.1) is 0 Å². The molecule has 1 aliphatic rings. The van der Waals surface area contributed by atoms with Crippen LogP contribution < -0.4 is 16.4 Å². The second-order valence-electron chi connectivity index (χ2n) is 3.85. The van der Waals surface area contributed by atoms with Gasteiger partial charge < -0.3 is 16.4 Å². The van der Waals surface area contributed by atoms with Gasteiger partial charge in [0.25, 0.3) is 0 Å². The van der Waals surface area contributed by atoms with E-state index in [4.69, 9.17) is 5.73 Å². The van der Waals surface area contributed by atoms with Crippen LogP contribution in [0.25, 0.3) is 0 Å². The third kappa shape index (κ3) is 2.62. The summed E-state index contributed by atoms with van der Waals surface area (Å²) in [6, 6.07) is 7.36. The van der Waals surface area contributed by atoms with Gasteiger partial charge in [0.15, 0.2) is 0 Å². The van der Waals surface area contributed by atoms with Crippen molar-refractivity contribution in [3.63, 3.8) is 0 Å². The van der Waals surface area contributed by atoms with Crippen molar-refractivity contribution in [2.45, 2.75) is 25.3 Å². The molecule has 15 heavy (non-hydrogen) atoms. The SMILES string of the molecule is Nc1cccc(NC(=O)NC2CCC2)c1. The molecule has 2 amide bonds. The summed E-state index contributed by atoms with van der Waals surface area (Å²) in [7, 11) is 0. The van der Waals surface area contributed by atoms with Crippen molar-refractivity contribution in [1.82, 2.24) is 5.32 Å². The molecule has 0 radical (unpaired) electrons. The number of hydrogen-bond donors (Lipinski definition) is 3. The summed E-state index contributed by atoms with van der Waals surface area (Å²) >= 11 is 0. The molecule has 0 heterocycles. The Morgan fingerprint density at radius 3 is 2.80 bits per heavy atom. The third-order valence-corrected chi connectivity index (χ3v) is 2.58. The van der Waals surface area contributed by atoms with Gasteiger partial charge in [-0.3, -0.25) is 0 Å². The number of nitrogens with one attached hydrogen (secondary N) is 2. The molecule has 0 aromatic heterocycles. The molecule has 1 aliphatic carbocycles. The summed E-state index contributed by atoms with van der Waals surface area (Å²) in [5.41, 5.74) is 6.98. The molecule has 1 saturated carbocycles. The number of carbonyl (C=O) groups is 1. The normalized spacial score (nSPS) is 15.5. The van der Waals surface area contributed by atoms with Gasteiger partial charge in [-0.05, 0) is 37.5 Å². The van der Waals surface area contributed by atoms with E-state index in [2.05, 4.69) is 10.6 Å². The minimum absolute atomic E-state index is 0.148. The van der Waals surface area contributed by atoms with Gasteiger partial charge in [0.2, 0.25) is 0 Å². The largest absolute Gasteiger partial charge is 0.399 e. The highest BCUT2D eigenvalue weighted by molar-refractivity contribution is 5.89. The molecule has 0 aliphatic heterocycles. The molecule has 1 aromatic carbocycles. The van der Waals surface area contributed by atoms with E-state index in [1.54, 1.807) is 12.1 Å². The molecular formula is C11H15N3O. The number of amides is 2. The van der Waals surface area contributed by atoms with Crippen LogP contribution in [0.2, 0.25) is 0 Å². The Bertz CT molecular complexity index is 361. The van der Waals surface area contributed by atoms with Crippen LogP contribution in [-0.4, -0.2) is 12.1 Å². The summed E-state index contributed by atoms with van der Waals surface area (Å²) in [5.74, 6) is 0. The van der Waals surface area contributed by atoms with Crippen LogP contribution in [0.1, 0.15) is 19.3 Å². The number of nitrogens with two attached hydrogens (primary N) is 1. The highest BCUT2D eigenvalue weighted by Gasteiger charge is 2.19. The Morgan fingerprint density at radius 1 is 1.40 bits per heavy atom. The standard InChI is InChI=1S/C11H15N3O/c12-8-3-1-6-10(7-8)14-11(15)13-9-4-2-5-9/h1,3,6-7,9H,2,4-5,12H2,(H2,13,14,15). The molecular weight excluding hydrogens is 190 g/mol. The average Bonchev–Trinajstić information content (AvgIpc) is 2.11. The van der Waals surface area contributed by atoms with Gasteiger partial charge in [0, 0.05) is 17.4 Å². The van der Waals surface area contributed by atoms with E-state index in [-0.39, 0.29) is 6.03 Å². The van der Waals surface area contributed by atoms with Gasteiger partial charge in [-0.15, -0.1) is 0 Å². The Hall–Kier alpha value is -1.71. The Balaban J connectivity index is 1.87. The fourth-order valence-corrected chi connectivity index (χ4v) is 1.52. The van der Waals surface area contributed by atoms with E-state index < -0.39 is 0 Å². The Kier molecular flexibility index (Phi) is 2.76. The van der Waals surface area contributed by atoms with Gasteiger partial charge in [-0.1, -0.05) is 6.07 Å². The van der Waals surface area contributed by atoms with E-state index >= 15 is 0 Å². The van der Waals surface area contributed by atoms with Crippen molar-refractivity contribution < 1.29 is 4.79 Å². The first-order chi connectivity index (χ1) is 7.24. The predicted octanol–water partition coefficient (Wildman–Crippen LogP) is 1.94. The van der Waals surface area contributed by atoms with E-state index in [9.17, 15) is 4.79 Å². The van der Waals surface area contributed by atoms with Crippen molar-refractivity contribution in [1.29, 1.82) is 0 Å². The number of rotatable bonds is 2. The Labute approximate surface area is 88.9 Å². The molecule has 0 unspecified atom stereocenters. The zero-order chi connectivity index (χ0) is 10.7. The lowest BCUT2D eigenvalue weighted by atomic mass is 9.93. The summed E-state index contributed by atoms with van der Waals surface area (Å²) in [6.45, 7) is 0. The molecule has 1 aromatic rings. The molecule has 0 spiro atoms. The summed E-state index contributed by atoms with van der Waals surface area (Å²) in [4.78, 5) is 11.5. The van der Waals surface area contributed by atoms with Crippen molar-refractivity contribution >= 4 is 17.4 Å². The average molecular weight is 205 g/mol. The second kappa shape index (κ2) is 4.21. The maximum absolute atomic E-state index is 11.5. The molecule has 80 valence electrons. The van der Waals surface area contributed by atoms with E-state index in [1.165, 1.54) is 6.42 Å². The smallest absolute Gasteiger partial charge is 0.319 e. The van der Waals surface area contributed by atoms with Crippen molar-refractivity contribution in [3.8, 4) is 0 Å². The van der Waals surface area contributed by atoms with Gasteiger partial charge in [-0.25, -0.2) is 4.79 Å². The molecule has 0 bridgehead atoms. The topological polar surface area (TPSA) is 67.1 Å². The highest BCUT2D eigenvalue weighted by atomic mass is 16.2. The van der Waals surface area contributed by atoms with E-state index in [0.717, 1.165) is 18.5 Å². The molecule has 2 rings (SSSR count). The highest BCUT2D eigenvalue weighted by Crippen LogP contribution is 2.18. The molecule has 0 atom stereocenters. The minimum Gasteiger partial charge on any atom is -0.399 e. The summed E-state index contributed by atoms with van der Waals surface area (Å²) in [6.07, 6.45) is 3.39. The quantitative estimate of drug-likeness (QED) is 0.646. The van der Waals surface area contributed by atoms with Crippen LogP contribution >= 0.6 is 0 Å². The van der Waals surface area contributed by atoms with Crippen molar-refractivity contribution in [2.24, 2.45) is 0 Å². The molecule has 4 N–H and O–H groups in total. The lowest BCUT2D eigenvalue weighted by Crippen LogP contribution is -2.41. The van der Waals surface area contributed by atoms with Gasteiger partial charge >= 0.3 is 6.03 Å². The summed E-state index contributed by atoms with van der Waals surface area (Å²) < 4.78 is 0. The first-order valence-electron chi connectivity index (χ1n) is 5.17. The fourth-order valence-electron chi connectivity index (χ4n) is 1.52. The minimum atomic E-state index is -0.148. The van der Waals surface area contributed by atoms with Crippen molar-refractivity contribution in [2.75, 3.05) is 11.1 Å². The van der Waals surface area contributed by atoms with Crippen LogP contribution in [0.5, 0.6) is 0 Å². The maximum Gasteiger partial charge on any atom is 0.319 e. The van der Waals surface area contributed by atoms with Gasteiger partial charge in [0.1, 0.15) is 0 Å². The summed E-state index contributed by atoms with van der Waals surface area (Å²) in [5, 5.41) is 5.65. The number of benzene rings is 1. The number of carbonyl (C=O) groups excluding carboxylic acids is 1. The fraction of sp³-hybridized carbons (Fsp3) is 0.364. The van der Waals surface area contributed by atoms with E-state index in [1.807, 2.05) is 12.1 Å². The van der Waals surface area contributed by atoms with Crippen LogP contribution in [-0.2, 0) is 0 Å². The Morgan fingerprint density at radius 2 is 2.20 bits per heavy atom. The molecule has 4 heteroatoms. The first-order valence-corrected chi connectivity index (χ1v) is 5.17. The van der Waals surface area contributed by atoms with Crippen LogP contribution in [0.3, 0.4) is 0 Å². The monoisotopic (exact) mass is 205 g/mol. The molecule has 4 nitrogen and oxygen atoms in total.